The van der Waals surface area contributed by atoms with Crippen LogP contribution in [0.1, 0.15) is 38.9 Å². The average Bonchev–Trinajstić information content (AvgIpc) is 3.21. The molecule has 0 radical (unpaired) electrons. The number of esters is 1. The molecule has 1 amide bonds. The van der Waals surface area contributed by atoms with Crippen LogP contribution in [0.25, 0.3) is 0 Å². The van der Waals surface area contributed by atoms with Crippen molar-refractivity contribution in [2.24, 2.45) is 0 Å². The van der Waals surface area contributed by atoms with Crippen LogP contribution in [0.15, 0.2) is 29.5 Å². The van der Waals surface area contributed by atoms with E-state index in [0.29, 0.717) is 33.4 Å². The van der Waals surface area contributed by atoms with Crippen molar-refractivity contribution in [3.63, 3.8) is 0 Å². The smallest absolute Gasteiger partial charge is 0.308 e. The fourth-order valence-electron chi connectivity index (χ4n) is 3.73. The Hall–Kier alpha value is -3.24. The summed E-state index contributed by atoms with van der Waals surface area (Å²) in [5, 5.41) is 11.5. The highest BCUT2D eigenvalue weighted by Gasteiger charge is 2.44. The van der Waals surface area contributed by atoms with Gasteiger partial charge in [-0.05, 0) is 45.6 Å². The van der Waals surface area contributed by atoms with Crippen LogP contribution >= 0.6 is 11.3 Å². The maximum Gasteiger partial charge on any atom is 0.308 e. The molecular weight excluding hydrogens is 446 g/mol. The summed E-state index contributed by atoms with van der Waals surface area (Å²) in [5.41, 5.74) is 1.02. The molecule has 1 N–H and O–H groups in total. The minimum absolute atomic E-state index is 0.0237. The first-order valence-electron chi connectivity index (χ1n) is 10.3. The molecule has 3 rings (SSSR count). The van der Waals surface area contributed by atoms with Gasteiger partial charge in [0.2, 0.25) is 5.78 Å². The van der Waals surface area contributed by atoms with E-state index in [0.717, 1.165) is 0 Å². The van der Waals surface area contributed by atoms with Gasteiger partial charge in [0.1, 0.15) is 0 Å². The van der Waals surface area contributed by atoms with Gasteiger partial charge >= 0.3 is 5.97 Å². The second-order valence-corrected chi connectivity index (χ2v) is 9.15. The number of ether oxygens (including phenoxy) is 2. The highest BCUT2D eigenvalue weighted by atomic mass is 32.1. The van der Waals surface area contributed by atoms with Crippen molar-refractivity contribution in [3.05, 3.63) is 50.7 Å². The third-order valence-corrected chi connectivity index (χ3v) is 6.27. The van der Waals surface area contributed by atoms with Gasteiger partial charge < -0.3 is 24.4 Å². The Bertz CT molecular complexity index is 1140. The van der Waals surface area contributed by atoms with Crippen LogP contribution in [0.3, 0.4) is 0 Å². The molecular formula is C23H27N3O6S. The average molecular weight is 474 g/mol. The number of likely N-dealkylation sites (N-methyl/N-ethyl adjacent to an activating group) is 1. The van der Waals surface area contributed by atoms with Gasteiger partial charge in [0, 0.05) is 20.0 Å². The van der Waals surface area contributed by atoms with E-state index < -0.39 is 29.5 Å². The number of hydrogen-bond donors (Lipinski definition) is 1. The van der Waals surface area contributed by atoms with Crippen LogP contribution in [0, 0.1) is 13.8 Å². The van der Waals surface area contributed by atoms with E-state index in [4.69, 9.17) is 9.47 Å². The van der Waals surface area contributed by atoms with E-state index in [1.165, 1.54) is 30.3 Å². The van der Waals surface area contributed by atoms with Crippen LogP contribution in [0.4, 0.5) is 0 Å². The van der Waals surface area contributed by atoms with Crippen molar-refractivity contribution >= 4 is 29.0 Å². The zero-order valence-corrected chi connectivity index (χ0v) is 20.3. The lowest BCUT2D eigenvalue weighted by Crippen LogP contribution is -2.36. The molecule has 33 heavy (non-hydrogen) atoms. The Balaban J connectivity index is 2.15. The lowest BCUT2D eigenvalue weighted by molar-refractivity contribution is -0.132. The molecule has 1 aliphatic heterocycles. The highest BCUT2D eigenvalue weighted by Crippen LogP contribution is 2.42. The molecule has 0 fully saturated rings. The number of rotatable bonds is 8. The summed E-state index contributed by atoms with van der Waals surface area (Å²) in [6, 6.07) is 3.97. The van der Waals surface area contributed by atoms with Crippen LogP contribution in [-0.2, 0) is 9.59 Å². The predicted molar refractivity (Wildman–Crippen MR) is 123 cm³/mol. The van der Waals surface area contributed by atoms with Crippen molar-refractivity contribution in [1.29, 1.82) is 0 Å². The van der Waals surface area contributed by atoms with E-state index in [1.54, 1.807) is 32.0 Å². The molecule has 1 aromatic carbocycles. The number of ketones is 1. The molecule has 0 bridgehead atoms. The van der Waals surface area contributed by atoms with Gasteiger partial charge in [-0.25, -0.2) is 4.98 Å². The molecule has 1 atom stereocenters. The lowest BCUT2D eigenvalue weighted by atomic mass is 9.94. The Morgan fingerprint density at radius 3 is 2.48 bits per heavy atom. The number of Topliss-reactive ketones (excluding diaryl/α,β-unsaturated/α-hetero) is 1. The summed E-state index contributed by atoms with van der Waals surface area (Å²) < 4.78 is 10.6. The maximum absolute atomic E-state index is 13.5. The number of aryl methyl sites for hydroxylation is 2. The molecule has 2 heterocycles. The van der Waals surface area contributed by atoms with Crippen molar-refractivity contribution < 1.29 is 29.0 Å². The number of nitrogens with zero attached hydrogens (tertiary/aromatic N) is 3. The number of hydrogen-bond acceptors (Lipinski definition) is 9. The third-order valence-electron chi connectivity index (χ3n) is 5.20. The number of amides is 1. The van der Waals surface area contributed by atoms with Gasteiger partial charge in [0.25, 0.3) is 5.91 Å². The Kier molecular flexibility index (Phi) is 7.19. The number of carbonyl (C=O) groups excluding carboxylic acids is 3. The van der Waals surface area contributed by atoms with Gasteiger partial charge in [0.05, 0.1) is 34.3 Å². The summed E-state index contributed by atoms with van der Waals surface area (Å²) in [7, 11) is 5.18. The summed E-state index contributed by atoms with van der Waals surface area (Å²) >= 11 is 1.21. The Morgan fingerprint density at radius 2 is 1.94 bits per heavy atom. The Labute approximate surface area is 196 Å². The van der Waals surface area contributed by atoms with E-state index >= 15 is 0 Å². The quantitative estimate of drug-likeness (QED) is 0.354. The fraction of sp³-hybridized carbons (Fsp3) is 0.391. The molecule has 0 spiro atoms. The number of aromatic nitrogens is 1. The van der Waals surface area contributed by atoms with Crippen molar-refractivity contribution in [2.45, 2.75) is 26.8 Å². The van der Waals surface area contributed by atoms with Crippen LogP contribution in [-0.4, -0.2) is 71.8 Å². The normalized spacial score (nSPS) is 16.0. The van der Waals surface area contributed by atoms with E-state index in [9.17, 15) is 19.5 Å². The molecule has 2 aromatic rings. The zero-order valence-electron chi connectivity index (χ0n) is 19.5. The van der Waals surface area contributed by atoms with E-state index in [1.807, 2.05) is 19.0 Å². The molecule has 1 unspecified atom stereocenters. The predicted octanol–water partition coefficient (Wildman–Crippen LogP) is 2.83. The topological polar surface area (TPSA) is 109 Å². The van der Waals surface area contributed by atoms with Crippen molar-refractivity contribution in [2.75, 3.05) is 34.3 Å². The second kappa shape index (κ2) is 9.72. The fourth-order valence-corrected chi connectivity index (χ4v) is 4.61. The standard InChI is InChI=1S/C23H27N3O6S/c1-12-22(33-13(2)24-12)20(28)18-19(26(10-9-25(4)5)23(30)21(18)29)15-7-8-16(31-6)17(11-15)32-14(3)27/h7-8,11,19,29H,9-10H2,1-6H3. The number of aliphatic hydroxyl groups is 1. The SMILES string of the molecule is COc1ccc(C2C(C(=O)c3sc(C)nc3C)=C(O)C(=O)N2CCN(C)C)cc1OC(C)=O. The van der Waals surface area contributed by atoms with E-state index in [2.05, 4.69) is 4.98 Å². The summed E-state index contributed by atoms with van der Waals surface area (Å²) in [4.78, 5) is 46.2. The minimum atomic E-state index is -0.869. The van der Waals surface area contributed by atoms with Gasteiger partial charge in [-0.15, -0.1) is 11.3 Å². The summed E-state index contributed by atoms with van der Waals surface area (Å²) in [5.74, 6) is -1.72. The number of thiazole rings is 1. The number of carbonyl (C=O) groups is 3. The van der Waals surface area contributed by atoms with Crippen LogP contribution in [0.5, 0.6) is 11.5 Å². The number of benzene rings is 1. The molecule has 10 heteroatoms. The molecule has 0 aliphatic carbocycles. The highest BCUT2D eigenvalue weighted by molar-refractivity contribution is 7.14. The Morgan fingerprint density at radius 1 is 1.24 bits per heavy atom. The largest absolute Gasteiger partial charge is 0.503 e. The molecule has 1 aromatic heterocycles. The summed E-state index contributed by atoms with van der Waals surface area (Å²) in [6.07, 6.45) is 0. The second-order valence-electron chi connectivity index (χ2n) is 7.95. The van der Waals surface area contributed by atoms with Crippen molar-refractivity contribution in [3.8, 4) is 11.5 Å². The first-order chi connectivity index (χ1) is 15.5. The van der Waals surface area contributed by atoms with Crippen LogP contribution in [0.2, 0.25) is 0 Å². The first kappa shape index (κ1) is 24.4. The molecule has 0 saturated heterocycles. The zero-order chi connectivity index (χ0) is 24.4. The first-order valence-corrected chi connectivity index (χ1v) is 11.1. The minimum Gasteiger partial charge on any atom is -0.503 e. The molecule has 176 valence electrons. The number of aliphatic hydroxyl groups excluding tert-OH is 1. The number of methoxy groups -OCH3 is 1. The van der Waals surface area contributed by atoms with Crippen molar-refractivity contribution in [1.82, 2.24) is 14.8 Å². The maximum atomic E-state index is 13.5. The lowest BCUT2D eigenvalue weighted by Gasteiger charge is -2.28. The van der Waals surface area contributed by atoms with Gasteiger partial charge in [-0.2, -0.15) is 0 Å². The van der Waals surface area contributed by atoms with Gasteiger partial charge in [-0.3, -0.25) is 14.4 Å². The summed E-state index contributed by atoms with van der Waals surface area (Å²) in [6.45, 7) is 5.56. The van der Waals surface area contributed by atoms with Crippen LogP contribution < -0.4 is 9.47 Å². The molecule has 0 saturated carbocycles. The third kappa shape index (κ3) is 4.91. The monoisotopic (exact) mass is 473 g/mol. The molecule has 9 nitrogen and oxygen atoms in total. The van der Waals surface area contributed by atoms with Gasteiger partial charge in [0.15, 0.2) is 17.3 Å². The van der Waals surface area contributed by atoms with E-state index in [-0.39, 0.29) is 17.9 Å². The molecule has 1 aliphatic rings. The van der Waals surface area contributed by atoms with Gasteiger partial charge in [-0.1, -0.05) is 6.07 Å².